The molecule has 22 heavy (non-hydrogen) atoms. The second-order valence-corrected chi connectivity index (χ2v) is 7.00. The van der Waals surface area contributed by atoms with Crippen LogP contribution in [0.1, 0.15) is 25.0 Å². The highest BCUT2D eigenvalue weighted by Gasteiger charge is 2.46. The van der Waals surface area contributed by atoms with E-state index in [9.17, 15) is 5.11 Å². The Bertz CT molecular complexity index is 569. The topological polar surface area (TPSA) is 78.5 Å². The van der Waals surface area contributed by atoms with Gasteiger partial charge in [0.15, 0.2) is 5.82 Å². The molecule has 2 fully saturated rings. The zero-order valence-corrected chi connectivity index (χ0v) is 14.0. The summed E-state index contributed by atoms with van der Waals surface area (Å²) in [4.78, 5) is 13.0. The number of anilines is 2. The third kappa shape index (κ3) is 2.53. The molecule has 2 saturated heterocycles. The number of aliphatic hydroxyl groups is 1. The molecule has 0 radical (unpaired) electrons. The zero-order chi connectivity index (χ0) is 15.9. The number of likely N-dealkylation sites (N-methyl/N-ethyl adjacent to an activating group) is 1. The summed E-state index contributed by atoms with van der Waals surface area (Å²) in [7, 11) is 2.14. The lowest BCUT2D eigenvalue weighted by molar-refractivity contribution is -0.0277. The van der Waals surface area contributed by atoms with Crippen LogP contribution < -0.4 is 10.6 Å². The Hall–Kier alpha value is -1.11. The summed E-state index contributed by atoms with van der Waals surface area (Å²) in [6.07, 6.45) is 3.18. The Balaban J connectivity index is 1.90. The minimum Gasteiger partial charge on any atom is -0.396 e. The molecule has 2 aliphatic rings. The first-order valence-electron chi connectivity index (χ1n) is 7.82. The Labute approximate surface area is 136 Å². The summed E-state index contributed by atoms with van der Waals surface area (Å²) in [5, 5.41) is 10.6. The van der Waals surface area contributed by atoms with Crippen LogP contribution in [0.3, 0.4) is 0 Å². The molecule has 0 saturated carbocycles. The minimum atomic E-state index is 0.00357. The average Bonchev–Trinajstić information content (AvgIpc) is 2.51. The van der Waals surface area contributed by atoms with Gasteiger partial charge in [-0.2, -0.15) is 4.98 Å². The van der Waals surface area contributed by atoms with E-state index >= 15 is 0 Å². The molecule has 3 rings (SSSR count). The Kier molecular flexibility index (Phi) is 4.18. The standard InChI is InChI=1S/C15H24ClN5O/c1-10-12(16)13(19-14(17)18-10)21-7-5-15(9-22)4-3-6-20(2)11(15)8-21/h11,22H,3-9H2,1-2H3,(H2,17,18,19)/t11-,15-/m1/s1. The zero-order valence-electron chi connectivity index (χ0n) is 13.2. The highest BCUT2D eigenvalue weighted by atomic mass is 35.5. The molecule has 0 amide bonds. The van der Waals surface area contributed by atoms with E-state index in [-0.39, 0.29) is 18.0 Å². The number of aromatic nitrogens is 2. The summed E-state index contributed by atoms with van der Waals surface area (Å²) >= 11 is 6.39. The van der Waals surface area contributed by atoms with Gasteiger partial charge in [0.1, 0.15) is 5.02 Å². The van der Waals surface area contributed by atoms with Crippen molar-refractivity contribution in [3.8, 4) is 0 Å². The van der Waals surface area contributed by atoms with Crippen LogP contribution in [-0.2, 0) is 0 Å². The van der Waals surface area contributed by atoms with E-state index in [2.05, 4.69) is 26.8 Å². The third-order valence-corrected chi connectivity index (χ3v) is 5.77. The molecule has 1 aromatic rings. The first-order valence-corrected chi connectivity index (χ1v) is 8.20. The summed E-state index contributed by atoms with van der Waals surface area (Å²) in [6.45, 7) is 4.80. The summed E-state index contributed by atoms with van der Waals surface area (Å²) < 4.78 is 0. The lowest BCUT2D eigenvalue weighted by Gasteiger charge is -2.53. The quantitative estimate of drug-likeness (QED) is 0.853. The molecule has 6 nitrogen and oxygen atoms in total. The number of aryl methyl sites for hydroxylation is 1. The monoisotopic (exact) mass is 325 g/mol. The number of nitrogens with two attached hydrogens (primary N) is 1. The molecule has 0 aliphatic carbocycles. The molecular formula is C15H24ClN5O. The molecule has 3 heterocycles. The highest BCUT2D eigenvalue weighted by Crippen LogP contribution is 2.43. The summed E-state index contributed by atoms with van der Waals surface area (Å²) in [6, 6.07) is 0.313. The van der Waals surface area contributed by atoms with Crippen molar-refractivity contribution in [3.05, 3.63) is 10.7 Å². The van der Waals surface area contributed by atoms with Crippen LogP contribution in [0.2, 0.25) is 5.02 Å². The average molecular weight is 326 g/mol. The number of rotatable bonds is 2. The summed E-state index contributed by atoms with van der Waals surface area (Å²) in [5.74, 6) is 0.977. The molecule has 2 aliphatic heterocycles. The molecule has 0 spiro atoms. The smallest absolute Gasteiger partial charge is 0.222 e. The van der Waals surface area contributed by atoms with Gasteiger partial charge in [-0.25, -0.2) is 4.98 Å². The lowest BCUT2D eigenvalue weighted by atomic mass is 9.69. The van der Waals surface area contributed by atoms with Crippen molar-refractivity contribution in [2.75, 3.05) is 43.9 Å². The number of halogens is 1. The van der Waals surface area contributed by atoms with E-state index in [1.54, 1.807) is 0 Å². The second kappa shape index (κ2) is 5.83. The number of likely N-dealkylation sites (tertiary alicyclic amines) is 1. The van der Waals surface area contributed by atoms with Gasteiger partial charge in [-0.1, -0.05) is 11.6 Å². The van der Waals surface area contributed by atoms with Crippen molar-refractivity contribution in [3.63, 3.8) is 0 Å². The van der Waals surface area contributed by atoms with Crippen LogP contribution in [0.25, 0.3) is 0 Å². The number of aliphatic hydroxyl groups excluding tert-OH is 1. The molecular weight excluding hydrogens is 302 g/mol. The number of nitrogen functional groups attached to an aromatic ring is 1. The molecule has 0 aromatic carbocycles. The second-order valence-electron chi connectivity index (χ2n) is 6.62. The first kappa shape index (κ1) is 15.8. The van der Waals surface area contributed by atoms with Crippen LogP contribution in [0.4, 0.5) is 11.8 Å². The first-order chi connectivity index (χ1) is 10.5. The molecule has 3 N–H and O–H groups in total. The fraction of sp³-hybridized carbons (Fsp3) is 0.733. The van der Waals surface area contributed by atoms with Crippen molar-refractivity contribution in [1.82, 2.24) is 14.9 Å². The number of nitrogens with zero attached hydrogens (tertiary/aromatic N) is 4. The Morgan fingerprint density at radius 2 is 2.14 bits per heavy atom. The van der Waals surface area contributed by atoms with Gasteiger partial charge in [0.2, 0.25) is 5.95 Å². The third-order valence-electron chi connectivity index (χ3n) is 5.33. The predicted molar refractivity (Wildman–Crippen MR) is 88.2 cm³/mol. The number of piperidine rings is 2. The van der Waals surface area contributed by atoms with Gasteiger partial charge < -0.3 is 20.6 Å². The number of hydrogen-bond acceptors (Lipinski definition) is 6. The van der Waals surface area contributed by atoms with E-state index in [1.807, 2.05) is 6.92 Å². The van der Waals surface area contributed by atoms with Crippen LogP contribution in [0, 0.1) is 12.3 Å². The Morgan fingerprint density at radius 3 is 2.86 bits per heavy atom. The van der Waals surface area contributed by atoms with E-state index in [1.165, 1.54) is 0 Å². The normalized spacial score (nSPS) is 29.5. The minimum absolute atomic E-state index is 0.00357. The lowest BCUT2D eigenvalue weighted by Crippen LogP contribution is -2.61. The van der Waals surface area contributed by atoms with Crippen LogP contribution in [0.15, 0.2) is 0 Å². The van der Waals surface area contributed by atoms with Gasteiger partial charge >= 0.3 is 0 Å². The maximum atomic E-state index is 9.98. The maximum Gasteiger partial charge on any atom is 0.222 e. The summed E-state index contributed by atoms with van der Waals surface area (Å²) in [5.41, 5.74) is 6.50. The Morgan fingerprint density at radius 1 is 1.36 bits per heavy atom. The molecule has 1 aromatic heterocycles. The fourth-order valence-corrected chi connectivity index (χ4v) is 4.19. The SMILES string of the molecule is Cc1nc(N)nc(N2CC[C@@]3(CO)CCCN(C)[C@@H]3C2)c1Cl. The van der Waals surface area contributed by atoms with E-state index in [0.29, 0.717) is 16.8 Å². The van der Waals surface area contributed by atoms with Crippen molar-refractivity contribution < 1.29 is 5.11 Å². The van der Waals surface area contributed by atoms with Crippen molar-refractivity contribution in [2.45, 2.75) is 32.2 Å². The molecule has 7 heteroatoms. The fourth-order valence-electron chi connectivity index (χ4n) is 3.98. The molecule has 122 valence electrons. The number of fused-ring (bicyclic) bond motifs is 1. The van der Waals surface area contributed by atoms with Crippen LogP contribution >= 0.6 is 11.6 Å². The molecule has 2 atom stereocenters. The molecule has 0 unspecified atom stereocenters. The van der Waals surface area contributed by atoms with Crippen LogP contribution in [0.5, 0.6) is 0 Å². The van der Waals surface area contributed by atoms with Crippen LogP contribution in [-0.4, -0.2) is 59.3 Å². The van der Waals surface area contributed by atoms with Gasteiger partial charge in [0, 0.05) is 24.5 Å². The van der Waals surface area contributed by atoms with E-state index in [4.69, 9.17) is 17.3 Å². The van der Waals surface area contributed by atoms with E-state index < -0.39 is 0 Å². The molecule has 0 bridgehead atoms. The highest BCUT2D eigenvalue weighted by molar-refractivity contribution is 6.33. The predicted octanol–water partition coefficient (Wildman–Crippen LogP) is 1.30. The van der Waals surface area contributed by atoms with Crippen molar-refractivity contribution >= 4 is 23.4 Å². The van der Waals surface area contributed by atoms with Gasteiger partial charge in [-0.3, -0.25) is 0 Å². The van der Waals surface area contributed by atoms with Gasteiger partial charge in [-0.15, -0.1) is 0 Å². The van der Waals surface area contributed by atoms with E-state index in [0.717, 1.165) is 44.7 Å². The van der Waals surface area contributed by atoms with Crippen molar-refractivity contribution in [1.29, 1.82) is 0 Å². The van der Waals surface area contributed by atoms with Crippen molar-refractivity contribution in [2.24, 2.45) is 5.41 Å². The van der Waals surface area contributed by atoms with Gasteiger partial charge in [-0.05, 0) is 39.8 Å². The van der Waals surface area contributed by atoms with Gasteiger partial charge in [0.25, 0.3) is 0 Å². The maximum absolute atomic E-state index is 9.98. The largest absolute Gasteiger partial charge is 0.396 e. The number of hydrogen-bond donors (Lipinski definition) is 2. The van der Waals surface area contributed by atoms with Gasteiger partial charge in [0.05, 0.1) is 12.3 Å².